The number of nitrogens with zero attached hydrogens (tertiary/aromatic N) is 5. The average molecular weight is 452 g/mol. The summed E-state index contributed by atoms with van der Waals surface area (Å²) in [4.78, 5) is 31.2. The summed E-state index contributed by atoms with van der Waals surface area (Å²) in [6.45, 7) is 5.44. The number of fused-ring (bicyclic) bond motifs is 1. The van der Waals surface area contributed by atoms with Gasteiger partial charge in [-0.3, -0.25) is 9.59 Å². The Balaban J connectivity index is 1.43. The number of likely N-dealkylation sites (tertiary alicyclic amines) is 2. The quantitative estimate of drug-likeness (QED) is 0.613. The normalized spacial score (nSPS) is 18.2. The molecule has 0 N–H and O–H groups in total. The van der Waals surface area contributed by atoms with Crippen LogP contribution < -0.4 is 5.43 Å². The predicted molar refractivity (Wildman–Crippen MR) is 125 cm³/mol. The molecule has 4 heterocycles. The summed E-state index contributed by atoms with van der Waals surface area (Å²) < 4.78 is 16.8. The van der Waals surface area contributed by atoms with Gasteiger partial charge in [-0.25, -0.2) is 9.07 Å². The Hall–Kier alpha value is -3.00. The molecule has 0 saturated carbocycles. The highest BCUT2D eigenvalue weighted by molar-refractivity contribution is 5.97. The maximum atomic E-state index is 13.4. The fourth-order valence-electron chi connectivity index (χ4n) is 5.36. The van der Waals surface area contributed by atoms with Crippen LogP contribution in [0.15, 0.2) is 35.3 Å². The van der Waals surface area contributed by atoms with Crippen molar-refractivity contribution in [3.8, 4) is 5.69 Å². The molecule has 2 aromatic heterocycles. The van der Waals surface area contributed by atoms with Crippen molar-refractivity contribution in [1.82, 2.24) is 24.1 Å². The molecule has 0 aliphatic carbocycles. The second-order valence-corrected chi connectivity index (χ2v) is 9.28. The number of piperidine rings is 2. The third-order valence-electron chi connectivity index (χ3n) is 7.12. The number of pyridine rings is 1. The molecule has 0 bridgehead atoms. The molecular weight excluding hydrogens is 421 g/mol. The molecule has 7 nitrogen and oxygen atoms in total. The van der Waals surface area contributed by atoms with Crippen LogP contribution in [0.3, 0.4) is 0 Å². The molecule has 1 amide bonds. The van der Waals surface area contributed by atoms with E-state index < -0.39 is 0 Å². The van der Waals surface area contributed by atoms with Gasteiger partial charge in [0.25, 0.3) is 5.91 Å². The predicted octanol–water partition coefficient (Wildman–Crippen LogP) is 3.26. The minimum Gasteiger partial charge on any atom is -0.338 e. The van der Waals surface area contributed by atoms with Gasteiger partial charge in [0.2, 0.25) is 5.43 Å². The zero-order valence-electron chi connectivity index (χ0n) is 19.3. The number of hydrogen-bond acceptors (Lipinski definition) is 4. The summed E-state index contributed by atoms with van der Waals surface area (Å²) in [5.74, 6) is -0.540. The molecule has 2 aliphatic heterocycles. The van der Waals surface area contributed by atoms with Crippen molar-refractivity contribution in [2.45, 2.75) is 45.1 Å². The minimum absolute atomic E-state index is 0.183. The lowest BCUT2D eigenvalue weighted by Crippen LogP contribution is -2.48. The lowest BCUT2D eigenvalue weighted by Gasteiger charge is -2.40. The number of benzene rings is 1. The van der Waals surface area contributed by atoms with Crippen LogP contribution in [-0.4, -0.2) is 62.3 Å². The molecule has 8 heteroatoms. The SMILES string of the molecule is Cc1nn(-c2ccc(F)cc2)c2c1c(=O)c(C(=O)N1CCC(N3CCCCC3)CC1)cn2C. The maximum absolute atomic E-state index is 13.4. The van der Waals surface area contributed by atoms with E-state index in [1.807, 2.05) is 11.9 Å². The van der Waals surface area contributed by atoms with Gasteiger partial charge in [0, 0.05) is 32.4 Å². The van der Waals surface area contributed by atoms with Gasteiger partial charge in [0.15, 0.2) is 0 Å². The number of aromatic nitrogens is 3. The van der Waals surface area contributed by atoms with Crippen LogP contribution in [0.25, 0.3) is 16.7 Å². The number of carbonyl (C=O) groups is 1. The monoisotopic (exact) mass is 451 g/mol. The smallest absolute Gasteiger partial charge is 0.259 e. The van der Waals surface area contributed by atoms with E-state index in [2.05, 4.69) is 10.00 Å². The van der Waals surface area contributed by atoms with Crippen LogP contribution in [0, 0.1) is 12.7 Å². The van der Waals surface area contributed by atoms with Crippen molar-refractivity contribution in [1.29, 1.82) is 0 Å². The topological polar surface area (TPSA) is 63.4 Å². The Morgan fingerprint density at radius 1 is 1.03 bits per heavy atom. The number of halogens is 1. The summed E-state index contributed by atoms with van der Waals surface area (Å²) in [6, 6.07) is 6.51. The molecule has 0 radical (unpaired) electrons. The number of carbonyl (C=O) groups excluding carboxylic acids is 1. The molecule has 2 fully saturated rings. The fraction of sp³-hybridized carbons (Fsp3) is 0.480. The van der Waals surface area contributed by atoms with E-state index in [1.54, 1.807) is 34.5 Å². The lowest BCUT2D eigenvalue weighted by molar-refractivity contribution is 0.0588. The molecule has 33 heavy (non-hydrogen) atoms. The highest BCUT2D eigenvalue weighted by Crippen LogP contribution is 2.23. The van der Waals surface area contributed by atoms with Crippen molar-refractivity contribution in [2.24, 2.45) is 7.05 Å². The first-order valence-electron chi connectivity index (χ1n) is 11.8. The van der Waals surface area contributed by atoms with Gasteiger partial charge in [-0.2, -0.15) is 5.10 Å². The Kier molecular flexibility index (Phi) is 5.78. The van der Waals surface area contributed by atoms with Crippen LogP contribution in [0.5, 0.6) is 0 Å². The van der Waals surface area contributed by atoms with Crippen LogP contribution in [0.4, 0.5) is 4.39 Å². The second-order valence-electron chi connectivity index (χ2n) is 9.28. The minimum atomic E-state index is -0.335. The number of rotatable bonds is 3. The van der Waals surface area contributed by atoms with Crippen LogP contribution in [-0.2, 0) is 7.05 Å². The fourth-order valence-corrected chi connectivity index (χ4v) is 5.36. The van der Waals surface area contributed by atoms with Crippen LogP contribution in [0.1, 0.15) is 48.2 Å². The molecule has 2 saturated heterocycles. The van der Waals surface area contributed by atoms with E-state index in [-0.39, 0.29) is 22.7 Å². The van der Waals surface area contributed by atoms with Crippen molar-refractivity contribution < 1.29 is 9.18 Å². The van der Waals surface area contributed by atoms with Gasteiger partial charge >= 0.3 is 0 Å². The maximum Gasteiger partial charge on any atom is 0.259 e. The zero-order chi connectivity index (χ0) is 23.1. The molecule has 3 aromatic rings. The Bertz CT molecular complexity index is 1230. The van der Waals surface area contributed by atoms with Crippen LogP contribution in [0.2, 0.25) is 0 Å². The molecule has 1 aromatic carbocycles. The van der Waals surface area contributed by atoms with Gasteiger partial charge in [0.1, 0.15) is 17.0 Å². The van der Waals surface area contributed by atoms with Gasteiger partial charge in [-0.05, 0) is 70.0 Å². The van der Waals surface area contributed by atoms with Crippen LogP contribution >= 0.6 is 0 Å². The van der Waals surface area contributed by atoms with E-state index >= 15 is 0 Å². The first-order valence-corrected chi connectivity index (χ1v) is 11.8. The Morgan fingerprint density at radius 2 is 1.70 bits per heavy atom. The van der Waals surface area contributed by atoms with Crippen molar-refractivity contribution >= 4 is 16.9 Å². The Labute approximate surface area is 192 Å². The molecule has 5 rings (SSSR count). The molecule has 174 valence electrons. The number of amides is 1. The summed E-state index contributed by atoms with van der Waals surface area (Å²) >= 11 is 0. The Morgan fingerprint density at radius 3 is 2.36 bits per heavy atom. The first-order chi connectivity index (χ1) is 15.9. The average Bonchev–Trinajstić information content (AvgIpc) is 3.20. The standard InChI is InChI=1S/C25H30FN5O2/c1-17-22-23(32)21(16-28(2)24(22)31(27-17)20-8-6-18(26)7-9-20)25(33)30-14-10-19(11-15-30)29-12-4-3-5-13-29/h6-9,16,19H,3-5,10-15H2,1-2H3. The molecule has 0 unspecified atom stereocenters. The third-order valence-corrected chi connectivity index (χ3v) is 7.12. The highest BCUT2D eigenvalue weighted by atomic mass is 19.1. The van der Waals surface area contributed by atoms with E-state index in [1.165, 1.54) is 31.4 Å². The highest BCUT2D eigenvalue weighted by Gasteiger charge is 2.30. The van der Waals surface area contributed by atoms with Gasteiger partial charge in [0.05, 0.1) is 16.8 Å². The second kappa shape index (κ2) is 8.74. The molecular formula is C25H30FN5O2. The number of hydrogen-bond donors (Lipinski definition) is 0. The summed E-state index contributed by atoms with van der Waals surface area (Å²) in [5, 5.41) is 4.96. The summed E-state index contributed by atoms with van der Waals surface area (Å²) in [5.41, 5.74) is 1.68. The molecule has 2 aliphatic rings. The van der Waals surface area contributed by atoms with E-state index in [9.17, 15) is 14.0 Å². The van der Waals surface area contributed by atoms with E-state index in [0.717, 1.165) is 25.9 Å². The first kappa shape index (κ1) is 21.8. The summed E-state index contributed by atoms with van der Waals surface area (Å²) in [6.07, 6.45) is 7.37. The molecule has 0 spiro atoms. The van der Waals surface area contributed by atoms with Gasteiger partial charge in [-0.15, -0.1) is 0 Å². The zero-order valence-corrected chi connectivity index (χ0v) is 19.3. The van der Waals surface area contributed by atoms with Crippen molar-refractivity contribution in [2.75, 3.05) is 26.2 Å². The largest absolute Gasteiger partial charge is 0.338 e. The van der Waals surface area contributed by atoms with E-state index in [4.69, 9.17) is 0 Å². The van der Waals surface area contributed by atoms with Crippen molar-refractivity contribution in [3.63, 3.8) is 0 Å². The summed E-state index contributed by atoms with van der Waals surface area (Å²) in [7, 11) is 1.81. The lowest BCUT2D eigenvalue weighted by atomic mass is 9.99. The third kappa shape index (κ3) is 3.97. The molecule has 0 atom stereocenters. The van der Waals surface area contributed by atoms with Gasteiger partial charge < -0.3 is 14.4 Å². The van der Waals surface area contributed by atoms with E-state index in [0.29, 0.717) is 41.5 Å². The van der Waals surface area contributed by atoms with Crippen molar-refractivity contribution in [3.05, 3.63) is 57.8 Å². The number of aryl methyl sites for hydroxylation is 2. The van der Waals surface area contributed by atoms with Gasteiger partial charge in [-0.1, -0.05) is 6.42 Å².